The van der Waals surface area contributed by atoms with Crippen LogP contribution in [0.15, 0.2) is 18.5 Å². The maximum absolute atomic E-state index is 12.4. The van der Waals surface area contributed by atoms with E-state index in [1.165, 1.54) is 6.42 Å². The maximum Gasteiger partial charge on any atom is 0.255 e. The van der Waals surface area contributed by atoms with E-state index >= 15 is 0 Å². The fourth-order valence-corrected chi connectivity index (χ4v) is 3.78. The minimum Gasteiger partial charge on any atom is -0.385 e. The molecule has 0 saturated heterocycles. The molecule has 1 fully saturated rings. The van der Waals surface area contributed by atoms with Crippen LogP contribution in [-0.4, -0.2) is 34.5 Å². The molecular weight excluding hydrogens is 270 g/mol. The molecule has 1 heterocycles. The standard InChI is InChI=1S/C15H23N3OS/c1-3-17-14-7-8-16-10-13(14)15(19)18-11-5-6-12(9-11)20-4-2/h7-8,10-12H,3-6,9H2,1-2H3,(H,16,17)(H,18,19). The fourth-order valence-electron chi connectivity index (χ4n) is 2.64. The smallest absolute Gasteiger partial charge is 0.255 e. The minimum absolute atomic E-state index is 0.0128. The molecule has 20 heavy (non-hydrogen) atoms. The highest BCUT2D eigenvalue weighted by Gasteiger charge is 2.26. The van der Waals surface area contributed by atoms with Crippen LogP contribution in [0.25, 0.3) is 0 Å². The number of carbonyl (C=O) groups excluding carboxylic acids is 1. The number of carbonyl (C=O) groups is 1. The first-order valence-electron chi connectivity index (χ1n) is 7.35. The van der Waals surface area contributed by atoms with Gasteiger partial charge in [0.1, 0.15) is 0 Å². The second-order valence-electron chi connectivity index (χ2n) is 5.01. The summed E-state index contributed by atoms with van der Waals surface area (Å²) in [6.45, 7) is 5.00. The molecule has 1 aromatic rings. The van der Waals surface area contributed by atoms with Crippen LogP contribution in [0.5, 0.6) is 0 Å². The second-order valence-corrected chi connectivity index (χ2v) is 6.59. The zero-order valence-electron chi connectivity index (χ0n) is 12.2. The summed E-state index contributed by atoms with van der Waals surface area (Å²) >= 11 is 2.00. The van der Waals surface area contributed by atoms with Gasteiger partial charge in [0.15, 0.2) is 0 Å². The molecule has 1 amide bonds. The first-order chi connectivity index (χ1) is 9.74. The highest BCUT2D eigenvalue weighted by atomic mass is 32.2. The van der Waals surface area contributed by atoms with Crippen molar-refractivity contribution in [3.8, 4) is 0 Å². The number of hydrogen-bond donors (Lipinski definition) is 2. The van der Waals surface area contributed by atoms with Crippen molar-refractivity contribution in [1.82, 2.24) is 10.3 Å². The van der Waals surface area contributed by atoms with E-state index in [0.29, 0.717) is 16.9 Å². The van der Waals surface area contributed by atoms with Crippen LogP contribution in [0.3, 0.4) is 0 Å². The van der Waals surface area contributed by atoms with Crippen LogP contribution in [0, 0.1) is 0 Å². The van der Waals surface area contributed by atoms with Gasteiger partial charge in [0.2, 0.25) is 0 Å². The van der Waals surface area contributed by atoms with Gasteiger partial charge in [-0.05, 0) is 38.0 Å². The fraction of sp³-hybridized carbons (Fsp3) is 0.600. The summed E-state index contributed by atoms with van der Waals surface area (Å²) in [5.74, 6) is 1.14. The van der Waals surface area contributed by atoms with Crippen molar-refractivity contribution >= 4 is 23.4 Å². The van der Waals surface area contributed by atoms with E-state index in [0.717, 1.165) is 30.8 Å². The van der Waals surface area contributed by atoms with Crippen molar-refractivity contribution in [3.63, 3.8) is 0 Å². The Balaban J connectivity index is 1.95. The number of hydrogen-bond acceptors (Lipinski definition) is 4. The third-order valence-corrected chi connectivity index (χ3v) is 4.79. The topological polar surface area (TPSA) is 54.0 Å². The summed E-state index contributed by atoms with van der Waals surface area (Å²) in [5.41, 5.74) is 1.50. The molecule has 5 heteroatoms. The monoisotopic (exact) mass is 293 g/mol. The normalized spacial score (nSPS) is 21.7. The first-order valence-corrected chi connectivity index (χ1v) is 8.39. The van der Waals surface area contributed by atoms with Crippen molar-refractivity contribution in [1.29, 1.82) is 0 Å². The number of pyridine rings is 1. The van der Waals surface area contributed by atoms with E-state index in [1.807, 2.05) is 24.8 Å². The molecule has 1 aromatic heterocycles. The molecule has 1 saturated carbocycles. The number of aromatic nitrogens is 1. The van der Waals surface area contributed by atoms with Gasteiger partial charge in [-0.3, -0.25) is 9.78 Å². The number of rotatable bonds is 6. The number of thioether (sulfide) groups is 1. The highest BCUT2D eigenvalue weighted by Crippen LogP contribution is 2.30. The summed E-state index contributed by atoms with van der Waals surface area (Å²) in [6, 6.07) is 2.16. The lowest BCUT2D eigenvalue weighted by Crippen LogP contribution is -2.33. The van der Waals surface area contributed by atoms with Crippen LogP contribution in [-0.2, 0) is 0 Å². The van der Waals surface area contributed by atoms with Gasteiger partial charge in [-0.1, -0.05) is 6.92 Å². The summed E-state index contributed by atoms with van der Waals surface area (Å²) in [4.78, 5) is 16.4. The summed E-state index contributed by atoms with van der Waals surface area (Å²) in [5, 5.41) is 7.06. The molecule has 0 spiro atoms. The van der Waals surface area contributed by atoms with E-state index in [9.17, 15) is 4.79 Å². The van der Waals surface area contributed by atoms with Crippen LogP contribution in [0.2, 0.25) is 0 Å². The van der Waals surface area contributed by atoms with Gasteiger partial charge in [-0.2, -0.15) is 11.8 Å². The zero-order chi connectivity index (χ0) is 14.4. The quantitative estimate of drug-likeness (QED) is 0.847. The van der Waals surface area contributed by atoms with Crippen molar-refractivity contribution in [2.75, 3.05) is 17.6 Å². The lowest BCUT2D eigenvalue weighted by molar-refractivity contribution is 0.0938. The first kappa shape index (κ1) is 15.2. The van der Waals surface area contributed by atoms with Gasteiger partial charge in [0.25, 0.3) is 5.91 Å². The zero-order valence-corrected chi connectivity index (χ0v) is 13.0. The van der Waals surface area contributed by atoms with Gasteiger partial charge in [-0.15, -0.1) is 0 Å². The lowest BCUT2D eigenvalue weighted by atomic mass is 10.2. The van der Waals surface area contributed by atoms with Crippen molar-refractivity contribution in [2.45, 2.75) is 44.4 Å². The van der Waals surface area contributed by atoms with E-state index in [1.54, 1.807) is 12.4 Å². The predicted octanol–water partition coefficient (Wildman–Crippen LogP) is 2.92. The van der Waals surface area contributed by atoms with E-state index < -0.39 is 0 Å². The van der Waals surface area contributed by atoms with Crippen LogP contribution in [0.1, 0.15) is 43.5 Å². The van der Waals surface area contributed by atoms with Gasteiger partial charge in [-0.25, -0.2) is 0 Å². The van der Waals surface area contributed by atoms with Crippen LogP contribution >= 0.6 is 11.8 Å². The van der Waals surface area contributed by atoms with E-state index in [-0.39, 0.29) is 5.91 Å². The molecule has 2 atom stereocenters. The third kappa shape index (κ3) is 3.88. The molecule has 110 valence electrons. The molecule has 1 aliphatic rings. The van der Waals surface area contributed by atoms with Crippen molar-refractivity contribution < 1.29 is 4.79 Å². The Morgan fingerprint density at radius 1 is 1.45 bits per heavy atom. The number of amides is 1. The number of nitrogens with zero attached hydrogens (tertiary/aromatic N) is 1. The van der Waals surface area contributed by atoms with Gasteiger partial charge in [0.05, 0.1) is 11.3 Å². The van der Waals surface area contributed by atoms with Crippen molar-refractivity contribution in [3.05, 3.63) is 24.0 Å². The highest BCUT2D eigenvalue weighted by molar-refractivity contribution is 7.99. The molecule has 2 rings (SSSR count). The largest absolute Gasteiger partial charge is 0.385 e. The van der Waals surface area contributed by atoms with Crippen molar-refractivity contribution in [2.24, 2.45) is 0 Å². The average molecular weight is 293 g/mol. The predicted molar refractivity (Wildman–Crippen MR) is 85.4 cm³/mol. The van der Waals surface area contributed by atoms with E-state index in [4.69, 9.17) is 0 Å². The molecule has 0 radical (unpaired) electrons. The Morgan fingerprint density at radius 2 is 2.30 bits per heavy atom. The van der Waals surface area contributed by atoms with Gasteiger partial charge in [0, 0.05) is 30.2 Å². The number of nitrogens with one attached hydrogen (secondary N) is 2. The number of anilines is 1. The van der Waals surface area contributed by atoms with Gasteiger partial charge < -0.3 is 10.6 Å². The van der Waals surface area contributed by atoms with E-state index in [2.05, 4.69) is 22.5 Å². The Kier molecular flexibility index (Phi) is 5.71. The molecule has 2 N–H and O–H groups in total. The molecule has 2 unspecified atom stereocenters. The summed E-state index contributed by atoms with van der Waals surface area (Å²) < 4.78 is 0. The third-order valence-electron chi connectivity index (χ3n) is 3.56. The SMILES string of the molecule is CCNc1ccncc1C(=O)NC1CCC(SCC)C1. The summed E-state index contributed by atoms with van der Waals surface area (Å²) in [7, 11) is 0. The Bertz CT molecular complexity index is 452. The maximum atomic E-state index is 12.4. The second kappa shape index (κ2) is 7.53. The molecule has 4 nitrogen and oxygen atoms in total. The molecule has 0 aliphatic heterocycles. The lowest BCUT2D eigenvalue weighted by Gasteiger charge is -2.15. The van der Waals surface area contributed by atoms with Crippen LogP contribution in [0.4, 0.5) is 5.69 Å². The average Bonchev–Trinajstić information content (AvgIpc) is 2.87. The Morgan fingerprint density at radius 3 is 3.05 bits per heavy atom. The van der Waals surface area contributed by atoms with Gasteiger partial charge >= 0.3 is 0 Å². The Labute approximate surface area is 125 Å². The summed E-state index contributed by atoms with van der Waals surface area (Å²) in [6.07, 6.45) is 6.72. The Hall–Kier alpha value is -1.23. The molecular formula is C15H23N3OS. The van der Waals surface area contributed by atoms with Crippen LogP contribution < -0.4 is 10.6 Å². The molecule has 0 bridgehead atoms. The minimum atomic E-state index is -0.0128. The molecule has 0 aromatic carbocycles. The molecule has 1 aliphatic carbocycles.